The number of hydrogen-bond acceptors (Lipinski definition) is 2. The number of aliphatic hydroxyl groups excluding tert-OH is 1. The van der Waals surface area contributed by atoms with E-state index < -0.39 is 0 Å². The molecule has 2 bridgehead atoms. The second kappa shape index (κ2) is 3.35. The van der Waals surface area contributed by atoms with Gasteiger partial charge >= 0.3 is 0 Å². The molecule has 0 saturated carbocycles. The van der Waals surface area contributed by atoms with Gasteiger partial charge in [0.25, 0.3) is 0 Å². The number of fused-ring (bicyclic) bond motifs is 2. The molecule has 2 rings (SSSR count). The number of nitrogens with zero attached hydrogens (tertiary/aromatic N) is 1. The van der Waals surface area contributed by atoms with Crippen molar-refractivity contribution in [3.63, 3.8) is 0 Å². The summed E-state index contributed by atoms with van der Waals surface area (Å²) in [5, 5.41) is 9.09. The molecular weight excluding hydrogens is 150 g/mol. The van der Waals surface area contributed by atoms with E-state index in [1.807, 2.05) is 0 Å². The van der Waals surface area contributed by atoms with Gasteiger partial charge in [0, 0.05) is 18.7 Å². The molecule has 3 atom stereocenters. The Morgan fingerprint density at radius 2 is 1.83 bits per heavy atom. The molecule has 2 saturated heterocycles. The predicted octanol–water partition coefficient (Wildman–Crippen LogP) is 1.24. The maximum atomic E-state index is 9.09. The second-order valence-corrected chi connectivity index (χ2v) is 4.24. The van der Waals surface area contributed by atoms with Crippen molar-refractivity contribution in [3.05, 3.63) is 0 Å². The van der Waals surface area contributed by atoms with Crippen LogP contribution in [0.3, 0.4) is 0 Å². The minimum atomic E-state index is 0.407. The minimum absolute atomic E-state index is 0.407. The SMILES string of the molecule is CCN1[C@@H]2CC[C@H]1CC(CO)C2. The van der Waals surface area contributed by atoms with Crippen LogP contribution in [-0.2, 0) is 0 Å². The van der Waals surface area contributed by atoms with Crippen LogP contribution in [0, 0.1) is 5.92 Å². The van der Waals surface area contributed by atoms with Gasteiger partial charge in [-0.15, -0.1) is 0 Å². The fourth-order valence-electron chi connectivity index (χ4n) is 3.05. The fourth-order valence-corrected chi connectivity index (χ4v) is 3.05. The van der Waals surface area contributed by atoms with Crippen LogP contribution in [0.1, 0.15) is 32.6 Å². The van der Waals surface area contributed by atoms with Crippen LogP contribution in [0.25, 0.3) is 0 Å². The van der Waals surface area contributed by atoms with E-state index in [1.165, 1.54) is 32.2 Å². The van der Waals surface area contributed by atoms with Crippen LogP contribution in [-0.4, -0.2) is 35.2 Å². The molecule has 2 heterocycles. The van der Waals surface area contributed by atoms with Gasteiger partial charge in [-0.05, 0) is 38.1 Å². The van der Waals surface area contributed by atoms with Crippen LogP contribution >= 0.6 is 0 Å². The van der Waals surface area contributed by atoms with Gasteiger partial charge in [-0.2, -0.15) is 0 Å². The topological polar surface area (TPSA) is 23.5 Å². The third-order valence-corrected chi connectivity index (χ3v) is 3.61. The van der Waals surface area contributed by atoms with Crippen molar-refractivity contribution in [1.82, 2.24) is 4.90 Å². The normalized spacial score (nSPS) is 42.0. The summed E-state index contributed by atoms with van der Waals surface area (Å²) in [5.74, 6) is 0.602. The van der Waals surface area contributed by atoms with Crippen molar-refractivity contribution in [2.75, 3.05) is 13.2 Å². The molecule has 0 aliphatic carbocycles. The Hall–Kier alpha value is -0.0800. The number of rotatable bonds is 2. The highest BCUT2D eigenvalue weighted by Crippen LogP contribution is 2.37. The van der Waals surface area contributed by atoms with Gasteiger partial charge in [-0.1, -0.05) is 6.92 Å². The third-order valence-electron chi connectivity index (χ3n) is 3.61. The van der Waals surface area contributed by atoms with Crippen molar-refractivity contribution in [2.24, 2.45) is 5.92 Å². The highest BCUT2D eigenvalue weighted by atomic mass is 16.3. The van der Waals surface area contributed by atoms with Gasteiger partial charge in [-0.25, -0.2) is 0 Å². The van der Waals surface area contributed by atoms with E-state index in [9.17, 15) is 0 Å². The summed E-state index contributed by atoms with van der Waals surface area (Å²) in [5.41, 5.74) is 0. The summed E-state index contributed by atoms with van der Waals surface area (Å²) in [6.45, 7) is 3.86. The first-order chi connectivity index (χ1) is 5.85. The van der Waals surface area contributed by atoms with Crippen LogP contribution < -0.4 is 0 Å². The number of piperidine rings is 1. The quantitative estimate of drug-likeness (QED) is 0.672. The van der Waals surface area contributed by atoms with Crippen molar-refractivity contribution in [1.29, 1.82) is 0 Å². The van der Waals surface area contributed by atoms with Gasteiger partial charge in [0.2, 0.25) is 0 Å². The molecule has 0 spiro atoms. The van der Waals surface area contributed by atoms with Crippen molar-refractivity contribution in [3.8, 4) is 0 Å². The third kappa shape index (κ3) is 1.27. The Kier molecular flexibility index (Phi) is 2.37. The molecule has 2 nitrogen and oxygen atoms in total. The minimum Gasteiger partial charge on any atom is -0.396 e. The van der Waals surface area contributed by atoms with Crippen molar-refractivity contribution >= 4 is 0 Å². The average Bonchev–Trinajstić information content (AvgIpc) is 2.35. The van der Waals surface area contributed by atoms with E-state index in [1.54, 1.807) is 0 Å². The summed E-state index contributed by atoms with van der Waals surface area (Å²) in [7, 11) is 0. The Morgan fingerprint density at radius 1 is 1.25 bits per heavy atom. The van der Waals surface area contributed by atoms with E-state index in [0.29, 0.717) is 12.5 Å². The summed E-state index contributed by atoms with van der Waals surface area (Å²) >= 11 is 0. The van der Waals surface area contributed by atoms with Crippen molar-refractivity contribution in [2.45, 2.75) is 44.7 Å². The molecule has 0 aromatic heterocycles. The van der Waals surface area contributed by atoms with E-state index in [-0.39, 0.29) is 0 Å². The van der Waals surface area contributed by atoms with E-state index >= 15 is 0 Å². The molecule has 0 aromatic carbocycles. The fraction of sp³-hybridized carbons (Fsp3) is 1.00. The molecule has 0 amide bonds. The molecular formula is C10H19NO. The standard InChI is InChI=1S/C10H19NO/c1-2-11-9-3-4-10(11)6-8(5-9)7-12/h8-10,12H,2-7H2,1H3/t8?,9-,10+. The molecule has 0 radical (unpaired) electrons. The summed E-state index contributed by atoms with van der Waals surface area (Å²) in [6, 6.07) is 1.59. The number of aliphatic hydroxyl groups is 1. The zero-order chi connectivity index (χ0) is 8.55. The van der Waals surface area contributed by atoms with Gasteiger partial charge in [0.15, 0.2) is 0 Å². The van der Waals surface area contributed by atoms with Gasteiger partial charge in [-0.3, -0.25) is 4.90 Å². The Morgan fingerprint density at radius 3 is 2.25 bits per heavy atom. The predicted molar refractivity (Wildman–Crippen MR) is 49.0 cm³/mol. The molecule has 0 aromatic rings. The molecule has 1 unspecified atom stereocenters. The average molecular weight is 169 g/mol. The Labute approximate surface area is 74.6 Å². The lowest BCUT2D eigenvalue weighted by Gasteiger charge is -2.37. The van der Waals surface area contributed by atoms with Crippen LogP contribution in [0.4, 0.5) is 0 Å². The van der Waals surface area contributed by atoms with Crippen LogP contribution in [0.5, 0.6) is 0 Å². The summed E-state index contributed by atoms with van der Waals surface area (Å²) in [6.07, 6.45) is 5.21. The lowest BCUT2D eigenvalue weighted by atomic mass is 9.91. The lowest BCUT2D eigenvalue weighted by molar-refractivity contribution is 0.0784. The molecule has 1 N–H and O–H groups in total. The summed E-state index contributed by atoms with van der Waals surface area (Å²) < 4.78 is 0. The molecule has 2 heteroatoms. The maximum Gasteiger partial charge on any atom is 0.0460 e. The van der Waals surface area contributed by atoms with E-state index in [0.717, 1.165) is 12.1 Å². The molecule has 12 heavy (non-hydrogen) atoms. The highest BCUT2D eigenvalue weighted by molar-refractivity contribution is 4.94. The highest BCUT2D eigenvalue weighted by Gasteiger charge is 2.39. The van der Waals surface area contributed by atoms with Crippen molar-refractivity contribution < 1.29 is 5.11 Å². The van der Waals surface area contributed by atoms with Crippen LogP contribution in [0.2, 0.25) is 0 Å². The summed E-state index contributed by atoms with van der Waals surface area (Å²) in [4.78, 5) is 2.63. The molecule has 70 valence electrons. The smallest absolute Gasteiger partial charge is 0.0460 e. The first kappa shape index (κ1) is 8.52. The molecule has 2 fully saturated rings. The Balaban J connectivity index is 2.01. The largest absolute Gasteiger partial charge is 0.396 e. The first-order valence-electron chi connectivity index (χ1n) is 5.21. The maximum absolute atomic E-state index is 9.09. The first-order valence-corrected chi connectivity index (χ1v) is 5.21. The zero-order valence-corrected chi connectivity index (χ0v) is 7.87. The number of hydrogen-bond donors (Lipinski definition) is 1. The zero-order valence-electron chi connectivity index (χ0n) is 7.87. The Bertz CT molecular complexity index is 146. The monoisotopic (exact) mass is 169 g/mol. The molecule has 2 aliphatic heterocycles. The van der Waals surface area contributed by atoms with E-state index in [2.05, 4.69) is 11.8 Å². The molecule has 2 aliphatic rings. The van der Waals surface area contributed by atoms with Gasteiger partial charge in [0.05, 0.1) is 0 Å². The van der Waals surface area contributed by atoms with Gasteiger partial charge < -0.3 is 5.11 Å². The second-order valence-electron chi connectivity index (χ2n) is 4.24. The van der Waals surface area contributed by atoms with Gasteiger partial charge in [0.1, 0.15) is 0 Å². The van der Waals surface area contributed by atoms with E-state index in [4.69, 9.17) is 5.11 Å². The van der Waals surface area contributed by atoms with Crippen LogP contribution in [0.15, 0.2) is 0 Å². The lowest BCUT2D eigenvalue weighted by Crippen LogP contribution is -2.43.